The van der Waals surface area contributed by atoms with Gasteiger partial charge in [0.25, 0.3) is 0 Å². The molecule has 0 unspecified atom stereocenters. The van der Waals surface area contributed by atoms with Crippen molar-refractivity contribution in [2.45, 2.75) is 124 Å². The Morgan fingerprint density at radius 1 is 0.477 bits per heavy atom. The lowest BCUT2D eigenvalue weighted by Gasteiger charge is -2.50. The van der Waals surface area contributed by atoms with Crippen LogP contribution in [0, 0.1) is 52.7 Å². The van der Waals surface area contributed by atoms with Crippen LogP contribution in [0.25, 0.3) is 0 Å². The van der Waals surface area contributed by atoms with Crippen LogP contribution in [-0.4, -0.2) is 84.0 Å². The minimum atomic E-state index is -0.857. The standard InChI is InChI=1S/C25H26ClF2NO4.C21H18Cl2F2O3.C20H19ClF2O2/c26-17-3-1-15(2-4-17)12-25-9-7-19(33-24(31)29-10-8-18(30)13-29)11-16(25)14-32-23-21(28)6-5-20(27)22(23)25;22-14-3-1-12(2-4-14)10-21-8-7-15(28-20(23)26)9-13(21)11-27-19-17(25)6-5-16(24)18(19)21;21-14-3-1-12(2-4-14)10-20-8-7-15(24)9-13(20)11-25-19-17(23)6-5-16(22)18(19)20/h1-6,16,18-19,30H,7-14H2;1-6,13,15H,7-11H2;1-6,13,15,24H,7-11H2/t16-,18-,19-,25+;13-,15-,21+;13-,15-,20+/m111/s1. The van der Waals surface area contributed by atoms with Gasteiger partial charge in [-0.05, 0) is 173 Å². The van der Waals surface area contributed by atoms with Gasteiger partial charge in [0, 0.05) is 90.4 Å². The molecule has 1 saturated heterocycles. The molecule has 0 aromatic heterocycles. The Morgan fingerprint density at radius 3 is 1.19 bits per heavy atom. The fraction of sp³-hybridized carbons (Fsp3) is 0.424. The molecule has 4 aliphatic heterocycles. The first-order valence-corrected chi connectivity index (χ1v) is 30.5. The number of likely N-dealkylation sites (tertiary alicyclic amines) is 1. The van der Waals surface area contributed by atoms with Crippen molar-refractivity contribution in [1.29, 1.82) is 0 Å². The molecule has 3 aliphatic carbocycles. The van der Waals surface area contributed by atoms with Gasteiger partial charge in [0.1, 0.15) is 29.7 Å². The Balaban J connectivity index is 0.000000135. The van der Waals surface area contributed by atoms with Crippen LogP contribution in [0.15, 0.2) is 109 Å². The molecule has 20 heteroatoms. The van der Waals surface area contributed by atoms with Crippen LogP contribution in [0.1, 0.15) is 97.6 Å². The topological polar surface area (TPSA) is 124 Å². The summed E-state index contributed by atoms with van der Waals surface area (Å²) in [5, 5.41) is 21.7. The van der Waals surface area contributed by atoms with E-state index in [2.05, 4.69) is 0 Å². The number of hydrogen-bond donors (Lipinski definition) is 2. The van der Waals surface area contributed by atoms with Crippen molar-refractivity contribution in [2.24, 2.45) is 17.8 Å². The van der Waals surface area contributed by atoms with Crippen molar-refractivity contribution in [3.05, 3.63) is 193 Å². The first kappa shape index (κ1) is 61.8. The van der Waals surface area contributed by atoms with Crippen LogP contribution >= 0.6 is 46.4 Å². The molecule has 0 spiro atoms. The maximum atomic E-state index is 15.2. The summed E-state index contributed by atoms with van der Waals surface area (Å²) in [5.41, 5.74) is 1.06. The molecule has 4 fully saturated rings. The third-order valence-electron chi connectivity index (χ3n) is 18.9. The van der Waals surface area contributed by atoms with Crippen LogP contribution in [0.4, 0.5) is 35.9 Å². The minimum absolute atomic E-state index is 0.0123. The third-order valence-corrected chi connectivity index (χ3v) is 19.8. The average molecular weight is 1270 g/mol. The molecular formula is C66H63Cl4F6NO9. The Morgan fingerprint density at radius 2 is 0.826 bits per heavy atom. The quantitative estimate of drug-likeness (QED) is 0.113. The molecule has 86 heavy (non-hydrogen) atoms. The van der Waals surface area contributed by atoms with Gasteiger partial charge in [0.05, 0.1) is 32.0 Å². The van der Waals surface area contributed by atoms with Gasteiger partial charge in [0.15, 0.2) is 34.7 Å². The largest absolute Gasteiger partial charge is 0.490 e. The number of carbonyl (C=O) groups is 2. The van der Waals surface area contributed by atoms with Crippen LogP contribution in [-0.2, 0) is 45.0 Å². The zero-order chi connectivity index (χ0) is 60.7. The van der Waals surface area contributed by atoms with E-state index in [4.69, 9.17) is 70.1 Å². The van der Waals surface area contributed by atoms with E-state index in [-0.39, 0.29) is 84.7 Å². The first-order chi connectivity index (χ1) is 41.2. The smallest absolute Gasteiger partial charge is 0.410 e. The monoisotopic (exact) mass is 1270 g/mol. The molecule has 6 aromatic rings. The highest BCUT2D eigenvalue weighted by atomic mass is 35.5. The number of amides is 1. The number of rotatable bonds is 8. The highest BCUT2D eigenvalue weighted by Gasteiger charge is 2.55. The summed E-state index contributed by atoms with van der Waals surface area (Å²) in [6.07, 6.45) is 4.78. The second-order valence-corrected chi connectivity index (χ2v) is 25.6. The van der Waals surface area contributed by atoms with Crippen LogP contribution in [0.3, 0.4) is 0 Å². The number of halogens is 10. The molecule has 2 N–H and O–H groups in total. The van der Waals surface area contributed by atoms with E-state index in [1.807, 2.05) is 48.5 Å². The van der Waals surface area contributed by atoms with E-state index >= 15 is 4.39 Å². The van der Waals surface area contributed by atoms with E-state index in [0.29, 0.717) is 111 Å². The summed E-state index contributed by atoms with van der Waals surface area (Å²) in [6.45, 7) is 1.47. The molecule has 0 radical (unpaired) electrons. The second kappa shape index (κ2) is 25.7. The van der Waals surface area contributed by atoms with Gasteiger partial charge in [-0.15, -0.1) is 0 Å². The van der Waals surface area contributed by atoms with Gasteiger partial charge in [0.2, 0.25) is 0 Å². The Bertz CT molecular complexity index is 3460. The Labute approximate surface area is 514 Å². The fourth-order valence-corrected chi connectivity index (χ4v) is 15.3. The normalized spacial score (nSPS) is 27.6. The van der Waals surface area contributed by atoms with Crippen molar-refractivity contribution in [3.63, 3.8) is 0 Å². The van der Waals surface area contributed by atoms with Gasteiger partial charge in [-0.1, -0.05) is 71.2 Å². The molecule has 6 aromatic carbocycles. The van der Waals surface area contributed by atoms with Gasteiger partial charge in [-0.25, -0.2) is 35.9 Å². The van der Waals surface area contributed by atoms with Crippen LogP contribution < -0.4 is 14.2 Å². The summed E-state index contributed by atoms with van der Waals surface area (Å²) in [6, 6.07) is 29.0. The maximum Gasteiger partial charge on any atom is 0.410 e. The zero-order valence-corrected chi connectivity index (χ0v) is 49.7. The number of β-amino-alcohol motifs (C(OH)–C–C–N with tert-alkyl or cyclic N) is 1. The summed E-state index contributed by atoms with van der Waals surface area (Å²) in [5.74, 6) is -3.44. The highest BCUT2D eigenvalue weighted by molar-refractivity contribution is 6.61. The third kappa shape index (κ3) is 12.6. The van der Waals surface area contributed by atoms with Gasteiger partial charge < -0.3 is 38.8 Å². The lowest BCUT2D eigenvalue weighted by molar-refractivity contribution is -0.0120. The Hall–Kier alpha value is -5.88. The number of carbonyl (C=O) groups excluding carboxylic acids is 2. The summed E-state index contributed by atoms with van der Waals surface area (Å²) >= 11 is 23.4. The number of aliphatic hydroxyl groups is 2. The fourth-order valence-electron chi connectivity index (χ4n) is 14.8. The van der Waals surface area contributed by atoms with E-state index < -0.39 is 74.9 Å². The zero-order valence-electron chi connectivity index (χ0n) is 46.6. The lowest BCUT2D eigenvalue weighted by atomic mass is 9.58. The average Bonchev–Trinajstić information content (AvgIpc) is 0.924. The molecule has 456 valence electrons. The second-order valence-electron chi connectivity index (χ2n) is 24.0. The number of aliphatic hydroxyl groups excluding tert-OH is 2. The summed E-state index contributed by atoms with van der Waals surface area (Å²) < 4.78 is 116. The summed E-state index contributed by atoms with van der Waals surface area (Å²) in [4.78, 5) is 25.2. The molecule has 10 nitrogen and oxygen atoms in total. The number of ether oxygens (including phenoxy) is 5. The SMILES string of the molecule is O=C(Cl)O[C@@H]1CC[C@@]2(Cc3ccc(Cl)cc3)c3c(F)ccc(F)c3OC[C@H]2C1.O=C(O[C@@H]1CC[C@@]2(Cc3ccc(Cl)cc3)c3c(F)ccc(F)c3OC[C@H]2C1)N1CC[C@@H](O)C1.O[C@@H]1CC[C@@]2(Cc3ccc(Cl)cc3)c3c(F)ccc(F)c3OC[C@H]2C1. The molecule has 10 atom stereocenters. The Kier molecular flexibility index (Phi) is 18.4. The van der Waals surface area contributed by atoms with Gasteiger partial charge in [-0.2, -0.15) is 0 Å². The predicted molar refractivity (Wildman–Crippen MR) is 313 cm³/mol. The van der Waals surface area contributed by atoms with E-state index in [9.17, 15) is 41.8 Å². The number of fused-ring (bicyclic) bond motifs is 9. The van der Waals surface area contributed by atoms with Crippen LogP contribution in [0.5, 0.6) is 17.2 Å². The highest BCUT2D eigenvalue weighted by Crippen LogP contribution is 2.57. The van der Waals surface area contributed by atoms with Crippen molar-refractivity contribution < 1.29 is 69.8 Å². The van der Waals surface area contributed by atoms with Crippen molar-refractivity contribution >= 4 is 57.9 Å². The number of hydrogen-bond acceptors (Lipinski definition) is 9. The molecule has 13 rings (SSSR count). The first-order valence-electron chi connectivity index (χ1n) is 29.0. The molecule has 1 amide bonds. The summed E-state index contributed by atoms with van der Waals surface area (Å²) in [7, 11) is 0. The molecule has 3 saturated carbocycles. The van der Waals surface area contributed by atoms with Gasteiger partial charge in [-0.3, -0.25) is 0 Å². The van der Waals surface area contributed by atoms with Gasteiger partial charge >= 0.3 is 11.5 Å². The van der Waals surface area contributed by atoms with E-state index in [1.54, 1.807) is 24.3 Å². The molecular weight excluding hydrogens is 1210 g/mol. The predicted octanol–water partition coefficient (Wildman–Crippen LogP) is 15.6. The van der Waals surface area contributed by atoms with Crippen LogP contribution in [0.2, 0.25) is 15.1 Å². The van der Waals surface area contributed by atoms with Crippen molar-refractivity contribution in [3.8, 4) is 17.2 Å². The van der Waals surface area contributed by atoms with Crippen molar-refractivity contribution in [1.82, 2.24) is 4.90 Å². The molecule has 4 heterocycles. The van der Waals surface area contributed by atoms with E-state index in [0.717, 1.165) is 47.0 Å². The molecule has 7 aliphatic rings. The van der Waals surface area contributed by atoms with Crippen molar-refractivity contribution in [2.75, 3.05) is 32.9 Å². The van der Waals surface area contributed by atoms with E-state index in [1.165, 1.54) is 11.0 Å². The molecule has 0 bridgehead atoms. The minimum Gasteiger partial charge on any atom is -0.490 e. The number of benzene rings is 6. The lowest BCUT2D eigenvalue weighted by Crippen LogP contribution is -2.50. The number of nitrogens with zero attached hydrogens (tertiary/aromatic N) is 1. The maximum absolute atomic E-state index is 15.2.